The van der Waals surface area contributed by atoms with Crippen molar-refractivity contribution in [2.45, 2.75) is 0 Å². The molecule has 13 heavy (non-hydrogen) atoms. The van der Waals surface area contributed by atoms with Gasteiger partial charge in [0.05, 0.1) is 16.7 Å². The molecule has 1 nitrogen and oxygen atoms in total. The minimum Gasteiger partial charge on any atom is -0.491 e. The van der Waals surface area contributed by atoms with Gasteiger partial charge in [-0.25, -0.2) is 0 Å². The highest BCUT2D eigenvalue weighted by atomic mass is 79.9. The molecular formula is C8H7BrCl2OS. The van der Waals surface area contributed by atoms with E-state index in [2.05, 4.69) is 28.6 Å². The zero-order chi connectivity index (χ0) is 9.84. The van der Waals surface area contributed by atoms with Gasteiger partial charge in [0.25, 0.3) is 0 Å². The van der Waals surface area contributed by atoms with Crippen molar-refractivity contribution in [1.82, 2.24) is 0 Å². The molecule has 0 N–H and O–H groups in total. The van der Waals surface area contributed by atoms with Gasteiger partial charge in [-0.15, -0.1) is 0 Å². The fourth-order valence-electron chi connectivity index (χ4n) is 0.771. The molecule has 1 aromatic carbocycles. The minimum absolute atomic E-state index is 0.515. The van der Waals surface area contributed by atoms with Crippen molar-refractivity contribution in [1.29, 1.82) is 0 Å². The molecule has 0 aliphatic rings. The van der Waals surface area contributed by atoms with Gasteiger partial charge in [-0.3, -0.25) is 0 Å². The molecule has 0 heterocycles. The van der Waals surface area contributed by atoms with Crippen LogP contribution in [0.4, 0.5) is 0 Å². The lowest BCUT2D eigenvalue weighted by molar-refractivity contribution is 0.344. The predicted octanol–water partition coefficient (Wildman–Crippen LogP) is 4.06. The lowest BCUT2D eigenvalue weighted by Crippen LogP contribution is -1.98. The first-order valence-electron chi connectivity index (χ1n) is 3.53. The van der Waals surface area contributed by atoms with Crippen LogP contribution in [0.3, 0.4) is 0 Å². The van der Waals surface area contributed by atoms with Crippen LogP contribution in [0.1, 0.15) is 0 Å². The maximum atomic E-state index is 5.90. The summed E-state index contributed by atoms with van der Waals surface area (Å²) in [7, 11) is 0. The summed E-state index contributed by atoms with van der Waals surface area (Å²) in [4.78, 5) is 0. The zero-order valence-electron chi connectivity index (χ0n) is 6.56. The molecule has 0 aliphatic heterocycles. The Bertz CT molecular complexity index is 306. The van der Waals surface area contributed by atoms with E-state index in [0.29, 0.717) is 28.2 Å². The van der Waals surface area contributed by atoms with Gasteiger partial charge in [0.2, 0.25) is 0 Å². The van der Waals surface area contributed by atoms with Crippen molar-refractivity contribution in [2.24, 2.45) is 0 Å². The van der Waals surface area contributed by atoms with Gasteiger partial charge in [0, 0.05) is 16.3 Å². The zero-order valence-corrected chi connectivity index (χ0v) is 10.6. The summed E-state index contributed by atoms with van der Waals surface area (Å²) in [6.45, 7) is 0.515. The summed E-state index contributed by atoms with van der Waals surface area (Å²) < 4.78 is 6.07. The van der Waals surface area contributed by atoms with Gasteiger partial charge in [-0.1, -0.05) is 23.2 Å². The first kappa shape index (κ1) is 11.5. The molecule has 72 valence electrons. The van der Waals surface area contributed by atoms with Crippen molar-refractivity contribution in [3.8, 4) is 5.75 Å². The average Bonchev–Trinajstić information content (AvgIpc) is 2.09. The van der Waals surface area contributed by atoms with Crippen LogP contribution >= 0.6 is 51.8 Å². The second-order valence-corrected chi connectivity index (χ2v) is 4.38. The largest absolute Gasteiger partial charge is 0.491 e. The van der Waals surface area contributed by atoms with Crippen molar-refractivity contribution >= 4 is 51.8 Å². The second-order valence-electron chi connectivity index (χ2n) is 2.27. The molecular weight excluding hydrogens is 295 g/mol. The fourth-order valence-corrected chi connectivity index (χ4v) is 1.71. The Hall–Kier alpha value is 0.430. The van der Waals surface area contributed by atoms with Crippen LogP contribution in [0.2, 0.25) is 10.0 Å². The van der Waals surface area contributed by atoms with Crippen molar-refractivity contribution < 1.29 is 4.74 Å². The highest BCUT2D eigenvalue weighted by molar-refractivity contribution is 9.10. The first-order chi connectivity index (χ1) is 6.15. The van der Waals surface area contributed by atoms with Crippen LogP contribution in [0.5, 0.6) is 5.75 Å². The summed E-state index contributed by atoms with van der Waals surface area (Å²) in [5.74, 6) is 1.23. The highest BCUT2D eigenvalue weighted by Gasteiger charge is 2.05. The van der Waals surface area contributed by atoms with E-state index in [1.807, 2.05) is 0 Å². The Morgan fingerprint density at radius 2 is 2.00 bits per heavy atom. The van der Waals surface area contributed by atoms with E-state index in [-0.39, 0.29) is 0 Å². The Kier molecular flexibility index (Phi) is 4.73. The molecule has 0 radical (unpaired) electrons. The highest BCUT2D eigenvalue weighted by Crippen LogP contribution is 2.33. The van der Waals surface area contributed by atoms with E-state index in [1.165, 1.54) is 0 Å². The van der Waals surface area contributed by atoms with E-state index >= 15 is 0 Å². The summed E-state index contributed by atoms with van der Waals surface area (Å²) in [5, 5.41) is 1.12. The Morgan fingerprint density at radius 1 is 1.31 bits per heavy atom. The number of benzene rings is 1. The van der Waals surface area contributed by atoms with E-state index in [1.54, 1.807) is 12.1 Å². The van der Waals surface area contributed by atoms with E-state index in [0.717, 1.165) is 4.47 Å². The monoisotopic (exact) mass is 300 g/mol. The fraction of sp³-hybridized carbons (Fsp3) is 0.250. The van der Waals surface area contributed by atoms with Gasteiger partial charge in [-0.2, -0.15) is 12.6 Å². The van der Waals surface area contributed by atoms with Crippen LogP contribution in [0.25, 0.3) is 0 Å². The molecule has 0 spiro atoms. The molecule has 0 aromatic heterocycles. The van der Waals surface area contributed by atoms with Gasteiger partial charge < -0.3 is 4.74 Å². The summed E-state index contributed by atoms with van der Waals surface area (Å²) in [6.07, 6.45) is 0. The lowest BCUT2D eigenvalue weighted by atomic mass is 10.3. The molecule has 1 rings (SSSR count). The SMILES string of the molecule is SCCOc1cc(Cl)c(Br)cc1Cl. The van der Waals surface area contributed by atoms with E-state index in [4.69, 9.17) is 27.9 Å². The van der Waals surface area contributed by atoms with Gasteiger partial charge >= 0.3 is 0 Å². The Morgan fingerprint density at radius 3 is 2.62 bits per heavy atom. The summed E-state index contributed by atoms with van der Waals surface area (Å²) in [6, 6.07) is 3.38. The Balaban J connectivity index is 2.88. The van der Waals surface area contributed by atoms with Crippen LogP contribution in [-0.4, -0.2) is 12.4 Å². The molecule has 0 aliphatic carbocycles. The predicted molar refractivity (Wildman–Crippen MR) is 63.5 cm³/mol. The number of halogens is 3. The molecule has 0 fully saturated rings. The summed E-state index contributed by atoms with van der Waals surface area (Å²) in [5.41, 5.74) is 0. The number of hydrogen-bond acceptors (Lipinski definition) is 2. The molecule has 0 unspecified atom stereocenters. The quantitative estimate of drug-likeness (QED) is 0.654. The van der Waals surface area contributed by atoms with E-state index in [9.17, 15) is 0 Å². The molecule has 0 atom stereocenters. The third-order valence-electron chi connectivity index (χ3n) is 1.32. The average molecular weight is 302 g/mol. The Labute approximate surface area is 101 Å². The van der Waals surface area contributed by atoms with Crippen LogP contribution < -0.4 is 4.74 Å². The smallest absolute Gasteiger partial charge is 0.139 e. The molecule has 0 amide bonds. The topological polar surface area (TPSA) is 9.23 Å². The second kappa shape index (κ2) is 5.35. The third-order valence-corrected chi connectivity index (χ3v) is 3.00. The maximum absolute atomic E-state index is 5.90. The molecule has 5 heteroatoms. The van der Waals surface area contributed by atoms with Crippen molar-refractivity contribution in [2.75, 3.05) is 12.4 Å². The number of rotatable bonds is 3. The van der Waals surface area contributed by atoms with Crippen molar-refractivity contribution in [3.63, 3.8) is 0 Å². The molecule has 0 saturated carbocycles. The van der Waals surface area contributed by atoms with Gasteiger partial charge in [0.1, 0.15) is 5.75 Å². The maximum Gasteiger partial charge on any atom is 0.139 e. The van der Waals surface area contributed by atoms with Gasteiger partial charge in [-0.05, 0) is 22.0 Å². The lowest BCUT2D eigenvalue weighted by Gasteiger charge is -2.07. The third kappa shape index (κ3) is 3.24. The van der Waals surface area contributed by atoms with Crippen molar-refractivity contribution in [3.05, 3.63) is 26.7 Å². The molecule has 1 aromatic rings. The standard InChI is InChI=1S/C8H7BrCl2OS/c9-5-3-7(11)8(4-6(5)10)12-1-2-13/h3-4,13H,1-2H2. The van der Waals surface area contributed by atoms with Gasteiger partial charge in [0.15, 0.2) is 0 Å². The normalized spacial score (nSPS) is 10.2. The first-order valence-corrected chi connectivity index (χ1v) is 5.71. The summed E-state index contributed by atoms with van der Waals surface area (Å²) >= 11 is 19.0. The molecule has 0 saturated heterocycles. The molecule has 0 bridgehead atoms. The van der Waals surface area contributed by atoms with Crippen LogP contribution in [0, 0.1) is 0 Å². The van der Waals surface area contributed by atoms with Crippen LogP contribution in [0.15, 0.2) is 16.6 Å². The van der Waals surface area contributed by atoms with Crippen LogP contribution in [-0.2, 0) is 0 Å². The minimum atomic E-state index is 0.515. The number of hydrogen-bond donors (Lipinski definition) is 1. The number of ether oxygens (including phenoxy) is 1. The number of thiol groups is 1. The van der Waals surface area contributed by atoms with E-state index < -0.39 is 0 Å².